The van der Waals surface area contributed by atoms with Gasteiger partial charge in [0, 0.05) is 11.8 Å². The predicted octanol–water partition coefficient (Wildman–Crippen LogP) is 3.43. The SMILES string of the molecule is CCOc1nc(C(CS(C)(=O)=O)n2c(=O)[nH]c3c(-c4ccccc4)cccc32)ccc1OC. The molecule has 4 rings (SSSR count). The third-order valence-corrected chi connectivity index (χ3v) is 6.22. The first-order valence-electron chi connectivity index (χ1n) is 10.5. The average molecular weight is 468 g/mol. The van der Waals surface area contributed by atoms with E-state index >= 15 is 0 Å². The summed E-state index contributed by atoms with van der Waals surface area (Å²) in [5.41, 5.74) is 2.98. The molecule has 0 aliphatic rings. The molecule has 0 radical (unpaired) electrons. The monoisotopic (exact) mass is 467 g/mol. The molecule has 4 aromatic rings. The third-order valence-electron chi connectivity index (χ3n) is 5.30. The van der Waals surface area contributed by atoms with Crippen molar-refractivity contribution in [2.45, 2.75) is 13.0 Å². The van der Waals surface area contributed by atoms with E-state index in [9.17, 15) is 13.2 Å². The molecule has 0 spiro atoms. The summed E-state index contributed by atoms with van der Waals surface area (Å²) in [7, 11) is -1.97. The van der Waals surface area contributed by atoms with Crippen molar-refractivity contribution in [3.05, 3.63) is 76.8 Å². The van der Waals surface area contributed by atoms with Gasteiger partial charge in [-0.2, -0.15) is 0 Å². The first-order chi connectivity index (χ1) is 15.8. The molecule has 2 heterocycles. The first kappa shape index (κ1) is 22.6. The molecule has 0 fully saturated rings. The molecule has 0 amide bonds. The van der Waals surface area contributed by atoms with Crippen LogP contribution in [0.3, 0.4) is 0 Å². The zero-order valence-corrected chi connectivity index (χ0v) is 19.4. The second-order valence-electron chi connectivity index (χ2n) is 7.65. The lowest BCUT2D eigenvalue weighted by Gasteiger charge is -2.19. The molecule has 2 aromatic carbocycles. The van der Waals surface area contributed by atoms with Gasteiger partial charge in [0.15, 0.2) is 5.75 Å². The number of sulfone groups is 1. The van der Waals surface area contributed by atoms with Crippen molar-refractivity contribution in [3.8, 4) is 22.8 Å². The highest BCUT2D eigenvalue weighted by atomic mass is 32.2. The predicted molar refractivity (Wildman–Crippen MR) is 128 cm³/mol. The number of nitrogens with zero attached hydrogens (tertiary/aromatic N) is 2. The molecular weight excluding hydrogens is 442 g/mol. The molecule has 0 saturated carbocycles. The van der Waals surface area contributed by atoms with Crippen LogP contribution in [0.5, 0.6) is 11.6 Å². The van der Waals surface area contributed by atoms with Crippen LogP contribution in [0.4, 0.5) is 0 Å². The summed E-state index contributed by atoms with van der Waals surface area (Å²) in [6.07, 6.45) is 1.14. The van der Waals surface area contributed by atoms with Crippen LogP contribution >= 0.6 is 0 Å². The number of imidazole rings is 1. The highest BCUT2D eigenvalue weighted by molar-refractivity contribution is 7.90. The second kappa shape index (κ2) is 9.11. The first-order valence-corrected chi connectivity index (χ1v) is 12.5. The van der Waals surface area contributed by atoms with Gasteiger partial charge in [0.2, 0.25) is 0 Å². The molecule has 0 saturated heterocycles. The van der Waals surface area contributed by atoms with Crippen LogP contribution in [-0.4, -0.2) is 48.7 Å². The fourth-order valence-corrected chi connectivity index (χ4v) is 4.81. The quantitative estimate of drug-likeness (QED) is 0.426. The minimum absolute atomic E-state index is 0.244. The van der Waals surface area contributed by atoms with Gasteiger partial charge in [0.05, 0.1) is 42.2 Å². The summed E-state index contributed by atoms with van der Waals surface area (Å²) in [5.74, 6) is 0.366. The number of benzene rings is 2. The Morgan fingerprint density at radius 3 is 2.48 bits per heavy atom. The van der Waals surface area contributed by atoms with Gasteiger partial charge in [-0.25, -0.2) is 18.2 Å². The Kier molecular flexibility index (Phi) is 6.24. The van der Waals surface area contributed by atoms with Crippen LogP contribution in [0.2, 0.25) is 0 Å². The molecule has 1 N–H and O–H groups in total. The minimum atomic E-state index is -3.47. The van der Waals surface area contributed by atoms with E-state index < -0.39 is 21.6 Å². The van der Waals surface area contributed by atoms with Crippen molar-refractivity contribution >= 4 is 20.9 Å². The van der Waals surface area contributed by atoms with E-state index in [0.29, 0.717) is 29.1 Å². The fraction of sp³-hybridized carbons (Fsp3) is 0.250. The number of nitrogens with one attached hydrogen (secondary N) is 1. The Hall–Kier alpha value is -3.59. The smallest absolute Gasteiger partial charge is 0.327 e. The molecule has 1 atom stereocenters. The molecule has 0 aliphatic heterocycles. The maximum Gasteiger partial charge on any atom is 0.327 e. The number of ether oxygens (including phenoxy) is 2. The summed E-state index contributed by atoms with van der Waals surface area (Å²) in [6.45, 7) is 2.17. The number of para-hydroxylation sites is 1. The van der Waals surface area contributed by atoms with Crippen molar-refractivity contribution in [3.63, 3.8) is 0 Å². The number of aromatic amines is 1. The van der Waals surface area contributed by atoms with Crippen LogP contribution in [0.15, 0.2) is 65.5 Å². The van der Waals surface area contributed by atoms with Gasteiger partial charge in [-0.1, -0.05) is 42.5 Å². The minimum Gasteiger partial charge on any atom is -0.491 e. The maximum atomic E-state index is 13.2. The third kappa shape index (κ3) is 4.63. The lowest BCUT2D eigenvalue weighted by atomic mass is 10.0. The number of fused-ring (bicyclic) bond motifs is 1. The number of methoxy groups -OCH3 is 1. The van der Waals surface area contributed by atoms with E-state index in [-0.39, 0.29) is 11.6 Å². The van der Waals surface area contributed by atoms with Gasteiger partial charge >= 0.3 is 5.69 Å². The van der Waals surface area contributed by atoms with E-state index in [1.54, 1.807) is 18.2 Å². The molecule has 0 bridgehead atoms. The number of pyridine rings is 1. The Balaban J connectivity index is 1.94. The molecule has 1 unspecified atom stereocenters. The summed E-state index contributed by atoms with van der Waals surface area (Å²) >= 11 is 0. The number of hydrogen-bond acceptors (Lipinski definition) is 6. The van der Waals surface area contributed by atoms with Crippen LogP contribution in [-0.2, 0) is 9.84 Å². The topological polar surface area (TPSA) is 103 Å². The Morgan fingerprint density at radius 1 is 1.06 bits per heavy atom. The van der Waals surface area contributed by atoms with Crippen molar-refractivity contribution in [2.24, 2.45) is 0 Å². The largest absolute Gasteiger partial charge is 0.491 e. The summed E-state index contributed by atoms with van der Waals surface area (Å²) < 4.78 is 37.1. The number of aromatic nitrogens is 3. The van der Waals surface area contributed by atoms with Crippen molar-refractivity contribution in [1.29, 1.82) is 0 Å². The maximum absolute atomic E-state index is 13.2. The Bertz CT molecular complexity index is 1440. The van der Waals surface area contributed by atoms with Crippen molar-refractivity contribution < 1.29 is 17.9 Å². The van der Waals surface area contributed by atoms with E-state index in [4.69, 9.17) is 9.47 Å². The molecule has 9 heteroatoms. The van der Waals surface area contributed by atoms with Crippen molar-refractivity contribution in [2.75, 3.05) is 25.7 Å². The summed E-state index contributed by atoms with van der Waals surface area (Å²) in [5, 5.41) is 0. The lowest BCUT2D eigenvalue weighted by Crippen LogP contribution is -2.29. The summed E-state index contributed by atoms with van der Waals surface area (Å²) in [4.78, 5) is 20.6. The molecule has 33 heavy (non-hydrogen) atoms. The lowest BCUT2D eigenvalue weighted by molar-refractivity contribution is 0.296. The zero-order valence-electron chi connectivity index (χ0n) is 18.6. The molecular formula is C24H25N3O5S. The normalized spacial score (nSPS) is 12.6. The standard InChI is InChI=1S/C24H25N3O5S/c1-4-32-23-21(31-2)14-13-18(25-23)20(15-33(3,29)30)27-19-12-8-11-17(22(19)26-24(27)28)16-9-6-5-7-10-16/h5-14,20H,4,15H2,1-3H3,(H,26,28). The zero-order chi connectivity index (χ0) is 23.6. The average Bonchev–Trinajstić information content (AvgIpc) is 3.13. The van der Waals surface area contributed by atoms with Gasteiger partial charge in [-0.3, -0.25) is 4.57 Å². The van der Waals surface area contributed by atoms with Crippen LogP contribution in [0, 0.1) is 0 Å². The van der Waals surface area contributed by atoms with E-state index in [2.05, 4.69) is 9.97 Å². The fourth-order valence-electron chi connectivity index (χ4n) is 3.92. The van der Waals surface area contributed by atoms with Gasteiger partial charge in [-0.05, 0) is 30.7 Å². The van der Waals surface area contributed by atoms with Crippen LogP contribution in [0.1, 0.15) is 18.7 Å². The molecule has 172 valence electrons. The number of hydrogen-bond donors (Lipinski definition) is 1. The van der Waals surface area contributed by atoms with Gasteiger partial charge in [-0.15, -0.1) is 0 Å². The Labute approximate surface area is 191 Å². The van der Waals surface area contributed by atoms with E-state index in [1.165, 1.54) is 11.7 Å². The highest BCUT2D eigenvalue weighted by Gasteiger charge is 2.26. The Morgan fingerprint density at radius 2 is 1.82 bits per heavy atom. The van der Waals surface area contributed by atoms with Gasteiger partial charge in [0.1, 0.15) is 9.84 Å². The highest BCUT2D eigenvalue weighted by Crippen LogP contribution is 2.32. The second-order valence-corrected chi connectivity index (χ2v) is 9.84. The van der Waals surface area contributed by atoms with Crippen molar-refractivity contribution in [1.82, 2.24) is 14.5 Å². The molecule has 2 aromatic heterocycles. The molecule has 8 nitrogen and oxygen atoms in total. The summed E-state index contributed by atoms with van der Waals surface area (Å²) in [6, 6.07) is 17.7. The van der Waals surface area contributed by atoms with E-state index in [0.717, 1.165) is 17.4 Å². The number of rotatable bonds is 8. The van der Waals surface area contributed by atoms with E-state index in [1.807, 2.05) is 49.4 Å². The van der Waals surface area contributed by atoms with Gasteiger partial charge < -0.3 is 14.5 Å². The number of H-pyrrole nitrogens is 1. The van der Waals surface area contributed by atoms with Crippen LogP contribution in [0.25, 0.3) is 22.2 Å². The van der Waals surface area contributed by atoms with Crippen LogP contribution < -0.4 is 15.2 Å². The molecule has 0 aliphatic carbocycles. The van der Waals surface area contributed by atoms with Gasteiger partial charge in [0.25, 0.3) is 5.88 Å².